The van der Waals surface area contributed by atoms with Gasteiger partial charge in [-0.1, -0.05) is 6.07 Å². The summed E-state index contributed by atoms with van der Waals surface area (Å²) in [5.74, 6) is 2.19. The van der Waals surface area contributed by atoms with Gasteiger partial charge in [0, 0.05) is 17.5 Å². The molecule has 0 saturated carbocycles. The fourth-order valence-electron chi connectivity index (χ4n) is 1.62. The second-order valence-corrected chi connectivity index (χ2v) is 4.81. The molecule has 0 unspecified atom stereocenters. The minimum atomic E-state index is -0.163. The van der Waals surface area contributed by atoms with Crippen LogP contribution in [-0.2, 0) is 0 Å². The van der Waals surface area contributed by atoms with Crippen LogP contribution >= 0.6 is 11.8 Å². The van der Waals surface area contributed by atoms with Gasteiger partial charge >= 0.3 is 0 Å². The van der Waals surface area contributed by atoms with E-state index < -0.39 is 0 Å². The van der Waals surface area contributed by atoms with Gasteiger partial charge in [0.25, 0.3) is 0 Å². The molecular formula is C11H14FNS. The van der Waals surface area contributed by atoms with E-state index in [0.29, 0.717) is 6.04 Å². The Morgan fingerprint density at radius 1 is 1.50 bits per heavy atom. The van der Waals surface area contributed by atoms with E-state index in [1.165, 1.54) is 18.2 Å². The zero-order valence-electron chi connectivity index (χ0n) is 8.22. The van der Waals surface area contributed by atoms with Crippen molar-refractivity contribution in [3.63, 3.8) is 0 Å². The summed E-state index contributed by atoms with van der Waals surface area (Å²) in [6, 6.07) is 5.42. The number of hydrogen-bond donors (Lipinski definition) is 1. The minimum Gasteiger partial charge on any atom is -0.381 e. The lowest BCUT2D eigenvalue weighted by atomic mass is 10.1. The Hall–Kier alpha value is -0.700. The highest BCUT2D eigenvalue weighted by Crippen LogP contribution is 2.23. The van der Waals surface area contributed by atoms with Crippen LogP contribution in [0.4, 0.5) is 10.1 Å². The van der Waals surface area contributed by atoms with Crippen molar-refractivity contribution in [1.29, 1.82) is 0 Å². The molecule has 1 nitrogen and oxygen atoms in total. The first-order chi connectivity index (χ1) is 6.75. The van der Waals surface area contributed by atoms with Crippen LogP contribution in [0.3, 0.4) is 0 Å². The Morgan fingerprint density at radius 3 is 3.07 bits per heavy atom. The van der Waals surface area contributed by atoms with Crippen molar-refractivity contribution in [3.05, 3.63) is 29.6 Å². The van der Waals surface area contributed by atoms with E-state index in [1.54, 1.807) is 6.07 Å². The van der Waals surface area contributed by atoms with Crippen molar-refractivity contribution >= 4 is 17.4 Å². The Balaban J connectivity index is 2.10. The van der Waals surface area contributed by atoms with Crippen molar-refractivity contribution in [2.75, 3.05) is 16.8 Å². The van der Waals surface area contributed by atoms with Gasteiger partial charge in [0.05, 0.1) is 0 Å². The maximum absolute atomic E-state index is 13.0. The van der Waals surface area contributed by atoms with Crippen molar-refractivity contribution in [3.8, 4) is 0 Å². The molecule has 0 bridgehead atoms. The van der Waals surface area contributed by atoms with E-state index in [-0.39, 0.29) is 5.82 Å². The first-order valence-corrected chi connectivity index (χ1v) is 6.01. The smallest absolute Gasteiger partial charge is 0.125 e. The molecule has 1 aromatic rings. The topological polar surface area (TPSA) is 12.0 Å². The first-order valence-electron chi connectivity index (χ1n) is 4.86. The molecule has 14 heavy (non-hydrogen) atoms. The van der Waals surface area contributed by atoms with Crippen LogP contribution in [0.2, 0.25) is 0 Å². The third kappa shape index (κ3) is 2.21. The van der Waals surface area contributed by atoms with Gasteiger partial charge in [0.2, 0.25) is 0 Å². The lowest BCUT2D eigenvalue weighted by Gasteiger charge is -2.14. The second-order valence-electron chi connectivity index (χ2n) is 3.66. The average Bonchev–Trinajstić information content (AvgIpc) is 2.64. The summed E-state index contributed by atoms with van der Waals surface area (Å²) in [7, 11) is 0. The van der Waals surface area contributed by atoms with E-state index >= 15 is 0 Å². The number of halogens is 1. The standard InChI is InChI=1S/C11H14FNS/c1-8-2-3-9(12)6-11(8)13-10-4-5-14-7-10/h2-3,6,10,13H,4-5,7H2,1H3/t10-/m0/s1. The zero-order valence-corrected chi connectivity index (χ0v) is 9.03. The maximum Gasteiger partial charge on any atom is 0.125 e. The van der Waals surface area contributed by atoms with Crippen LogP contribution in [0.15, 0.2) is 18.2 Å². The number of benzene rings is 1. The molecule has 1 N–H and O–H groups in total. The highest BCUT2D eigenvalue weighted by atomic mass is 32.2. The lowest BCUT2D eigenvalue weighted by Crippen LogP contribution is -2.18. The van der Waals surface area contributed by atoms with E-state index in [2.05, 4.69) is 5.32 Å². The molecule has 0 spiro atoms. The van der Waals surface area contributed by atoms with Gasteiger partial charge in [-0.3, -0.25) is 0 Å². The van der Waals surface area contributed by atoms with E-state index in [0.717, 1.165) is 17.0 Å². The molecule has 0 radical (unpaired) electrons. The van der Waals surface area contributed by atoms with Crippen LogP contribution in [-0.4, -0.2) is 17.5 Å². The predicted octanol–water partition coefficient (Wildman–Crippen LogP) is 3.05. The number of rotatable bonds is 2. The van der Waals surface area contributed by atoms with Gasteiger partial charge in [0.15, 0.2) is 0 Å². The monoisotopic (exact) mass is 211 g/mol. The van der Waals surface area contributed by atoms with Crippen LogP contribution in [0, 0.1) is 12.7 Å². The lowest BCUT2D eigenvalue weighted by molar-refractivity contribution is 0.627. The molecule has 1 atom stereocenters. The SMILES string of the molecule is Cc1ccc(F)cc1N[C@H]1CCSC1. The number of anilines is 1. The van der Waals surface area contributed by atoms with Crippen molar-refractivity contribution in [1.82, 2.24) is 0 Å². The molecule has 3 heteroatoms. The maximum atomic E-state index is 13.0. The highest BCUT2D eigenvalue weighted by Gasteiger charge is 2.15. The van der Waals surface area contributed by atoms with Crippen LogP contribution < -0.4 is 5.32 Å². The summed E-state index contributed by atoms with van der Waals surface area (Å²) in [6.07, 6.45) is 1.18. The van der Waals surface area contributed by atoms with Crippen LogP contribution in [0.1, 0.15) is 12.0 Å². The van der Waals surface area contributed by atoms with Gasteiger partial charge in [0.1, 0.15) is 5.82 Å². The van der Waals surface area contributed by atoms with Gasteiger partial charge < -0.3 is 5.32 Å². The Labute approximate surface area is 88.1 Å². The molecule has 2 rings (SSSR count). The minimum absolute atomic E-state index is 0.163. The van der Waals surface area contributed by atoms with Crippen LogP contribution in [0.5, 0.6) is 0 Å². The summed E-state index contributed by atoms with van der Waals surface area (Å²) in [6.45, 7) is 2.00. The van der Waals surface area contributed by atoms with E-state index in [9.17, 15) is 4.39 Å². The summed E-state index contributed by atoms with van der Waals surface area (Å²) >= 11 is 1.96. The molecule has 0 aliphatic carbocycles. The molecule has 1 saturated heterocycles. The number of aryl methyl sites for hydroxylation is 1. The molecule has 1 aliphatic heterocycles. The fourth-order valence-corrected chi connectivity index (χ4v) is 2.77. The molecule has 0 amide bonds. The van der Waals surface area contributed by atoms with Gasteiger partial charge in [-0.05, 0) is 36.8 Å². The number of hydrogen-bond acceptors (Lipinski definition) is 2. The van der Waals surface area contributed by atoms with Crippen molar-refractivity contribution in [2.45, 2.75) is 19.4 Å². The van der Waals surface area contributed by atoms with Gasteiger partial charge in [-0.25, -0.2) is 4.39 Å². The summed E-state index contributed by atoms with van der Waals surface area (Å²) < 4.78 is 13.0. The molecule has 1 heterocycles. The van der Waals surface area contributed by atoms with Crippen molar-refractivity contribution < 1.29 is 4.39 Å². The number of nitrogens with one attached hydrogen (secondary N) is 1. The predicted molar refractivity (Wildman–Crippen MR) is 60.5 cm³/mol. The molecule has 76 valence electrons. The fraction of sp³-hybridized carbons (Fsp3) is 0.455. The second kappa shape index (κ2) is 4.22. The first kappa shape index (κ1) is 9.84. The summed E-state index contributed by atoms with van der Waals surface area (Å²) in [5, 5.41) is 3.39. The molecule has 1 aliphatic rings. The highest BCUT2D eigenvalue weighted by molar-refractivity contribution is 7.99. The van der Waals surface area contributed by atoms with E-state index in [4.69, 9.17) is 0 Å². The summed E-state index contributed by atoms with van der Waals surface area (Å²) in [4.78, 5) is 0. The zero-order chi connectivity index (χ0) is 9.97. The summed E-state index contributed by atoms with van der Waals surface area (Å²) in [5.41, 5.74) is 2.06. The van der Waals surface area contributed by atoms with Crippen LogP contribution in [0.25, 0.3) is 0 Å². The average molecular weight is 211 g/mol. The normalized spacial score (nSPS) is 21.1. The largest absolute Gasteiger partial charge is 0.381 e. The Kier molecular flexibility index (Phi) is 2.96. The third-order valence-electron chi connectivity index (χ3n) is 2.49. The Morgan fingerprint density at radius 2 is 2.36 bits per heavy atom. The molecule has 1 fully saturated rings. The molecular weight excluding hydrogens is 197 g/mol. The number of thioether (sulfide) groups is 1. The Bertz CT molecular complexity index is 321. The van der Waals surface area contributed by atoms with Gasteiger partial charge in [-0.15, -0.1) is 0 Å². The molecule has 0 aromatic heterocycles. The molecule has 1 aromatic carbocycles. The van der Waals surface area contributed by atoms with Gasteiger partial charge in [-0.2, -0.15) is 11.8 Å². The quantitative estimate of drug-likeness (QED) is 0.807. The third-order valence-corrected chi connectivity index (χ3v) is 3.65. The van der Waals surface area contributed by atoms with E-state index in [1.807, 2.05) is 24.8 Å². The van der Waals surface area contributed by atoms with Crippen molar-refractivity contribution in [2.24, 2.45) is 0 Å².